The second-order valence-corrected chi connectivity index (χ2v) is 3.29. The minimum atomic E-state index is 0.476. The van der Waals surface area contributed by atoms with Gasteiger partial charge in [0, 0.05) is 18.8 Å². The van der Waals surface area contributed by atoms with Gasteiger partial charge in [0.05, 0.1) is 11.9 Å². The van der Waals surface area contributed by atoms with Crippen LogP contribution in [0.25, 0.3) is 0 Å². The fourth-order valence-corrected chi connectivity index (χ4v) is 1.12. The van der Waals surface area contributed by atoms with Crippen LogP contribution in [0.15, 0.2) is 12.4 Å². The lowest BCUT2D eigenvalue weighted by Crippen LogP contribution is -2.08. The van der Waals surface area contributed by atoms with Gasteiger partial charge in [0.25, 0.3) is 0 Å². The Bertz CT molecular complexity index is 227. The fourth-order valence-electron chi connectivity index (χ4n) is 1.12. The monoisotopic (exact) mass is 167 g/mol. The highest BCUT2D eigenvalue weighted by Gasteiger charge is 1.97. The molecular weight excluding hydrogens is 150 g/mol. The molecule has 68 valence electrons. The zero-order valence-corrected chi connectivity index (χ0v) is 8.04. The Kier molecular flexibility index (Phi) is 3.14. The first-order valence-electron chi connectivity index (χ1n) is 4.51. The van der Waals surface area contributed by atoms with Gasteiger partial charge in [-0.3, -0.25) is 4.68 Å². The Morgan fingerprint density at radius 3 is 2.92 bits per heavy atom. The normalized spacial score (nSPS) is 10.7. The molecule has 3 nitrogen and oxygen atoms in total. The van der Waals surface area contributed by atoms with Gasteiger partial charge in [-0.1, -0.05) is 6.92 Å². The van der Waals surface area contributed by atoms with E-state index in [1.165, 1.54) is 0 Å². The molecule has 0 spiro atoms. The zero-order chi connectivity index (χ0) is 8.97. The highest BCUT2D eigenvalue weighted by atomic mass is 15.3. The molecule has 1 aromatic rings. The van der Waals surface area contributed by atoms with Crippen LogP contribution in [-0.4, -0.2) is 15.8 Å². The van der Waals surface area contributed by atoms with Gasteiger partial charge >= 0.3 is 0 Å². The van der Waals surface area contributed by atoms with Gasteiger partial charge in [0.1, 0.15) is 0 Å². The molecule has 1 rings (SSSR count). The summed E-state index contributed by atoms with van der Waals surface area (Å²) < 4.78 is 1.96. The minimum absolute atomic E-state index is 0.476. The molecule has 0 amide bonds. The molecule has 0 aliphatic rings. The molecule has 0 radical (unpaired) electrons. The van der Waals surface area contributed by atoms with Crippen molar-refractivity contribution in [2.24, 2.45) is 0 Å². The van der Waals surface area contributed by atoms with Crippen molar-refractivity contribution in [3.05, 3.63) is 12.4 Å². The van der Waals surface area contributed by atoms with E-state index >= 15 is 0 Å². The van der Waals surface area contributed by atoms with E-state index in [-0.39, 0.29) is 0 Å². The summed E-state index contributed by atoms with van der Waals surface area (Å²) in [4.78, 5) is 0. The van der Waals surface area contributed by atoms with Gasteiger partial charge in [0.15, 0.2) is 0 Å². The molecule has 1 heterocycles. The Labute approximate surface area is 73.8 Å². The smallest absolute Gasteiger partial charge is 0.0728 e. The van der Waals surface area contributed by atoms with Crippen LogP contribution in [0.3, 0.4) is 0 Å². The van der Waals surface area contributed by atoms with Gasteiger partial charge in [-0.05, 0) is 20.3 Å². The molecule has 0 saturated carbocycles. The third-order valence-corrected chi connectivity index (χ3v) is 1.54. The van der Waals surface area contributed by atoms with Crippen molar-refractivity contribution < 1.29 is 0 Å². The first kappa shape index (κ1) is 9.10. The molecule has 0 fully saturated rings. The number of aryl methyl sites for hydroxylation is 1. The van der Waals surface area contributed by atoms with Gasteiger partial charge in [-0.2, -0.15) is 5.10 Å². The summed E-state index contributed by atoms with van der Waals surface area (Å²) in [5, 5.41) is 7.51. The standard InChI is InChI=1S/C9H17N3/c1-4-5-12-7-9(6-10-12)11-8(2)3/h6-8,11H,4-5H2,1-3H3. The van der Waals surface area contributed by atoms with Crippen molar-refractivity contribution >= 4 is 5.69 Å². The Balaban J connectivity index is 2.52. The Morgan fingerprint density at radius 2 is 2.33 bits per heavy atom. The molecular formula is C9H17N3. The predicted octanol–water partition coefficient (Wildman–Crippen LogP) is 2.11. The second kappa shape index (κ2) is 4.14. The van der Waals surface area contributed by atoms with Crippen LogP contribution in [0.1, 0.15) is 27.2 Å². The Hall–Kier alpha value is -0.990. The Morgan fingerprint density at radius 1 is 1.58 bits per heavy atom. The van der Waals surface area contributed by atoms with E-state index in [4.69, 9.17) is 0 Å². The second-order valence-electron chi connectivity index (χ2n) is 3.29. The fraction of sp³-hybridized carbons (Fsp3) is 0.667. The van der Waals surface area contributed by atoms with Crippen LogP contribution in [0.4, 0.5) is 5.69 Å². The molecule has 0 aromatic carbocycles. The number of aromatic nitrogens is 2. The number of nitrogens with zero attached hydrogens (tertiary/aromatic N) is 2. The van der Waals surface area contributed by atoms with Crippen LogP contribution in [-0.2, 0) is 6.54 Å². The van der Waals surface area contributed by atoms with Crippen LogP contribution in [0, 0.1) is 0 Å². The van der Waals surface area contributed by atoms with Crippen molar-refractivity contribution in [1.29, 1.82) is 0 Å². The van der Waals surface area contributed by atoms with Crippen LogP contribution >= 0.6 is 0 Å². The highest BCUT2D eigenvalue weighted by Crippen LogP contribution is 2.06. The van der Waals surface area contributed by atoms with E-state index in [0.29, 0.717) is 6.04 Å². The van der Waals surface area contributed by atoms with Gasteiger partial charge in [-0.15, -0.1) is 0 Å². The quantitative estimate of drug-likeness (QED) is 0.744. The summed E-state index contributed by atoms with van der Waals surface area (Å²) >= 11 is 0. The van der Waals surface area contributed by atoms with Gasteiger partial charge in [0.2, 0.25) is 0 Å². The van der Waals surface area contributed by atoms with E-state index < -0.39 is 0 Å². The van der Waals surface area contributed by atoms with Crippen LogP contribution < -0.4 is 5.32 Å². The summed E-state index contributed by atoms with van der Waals surface area (Å²) in [5.41, 5.74) is 1.11. The summed E-state index contributed by atoms with van der Waals surface area (Å²) in [6.07, 6.45) is 5.04. The number of hydrogen-bond donors (Lipinski definition) is 1. The largest absolute Gasteiger partial charge is 0.380 e. The summed E-state index contributed by atoms with van der Waals surface area (Å²) in [6.45, 7) is 7.39. The number of hydrogen-bond acceptors (Lipinski definition) is 2. The molecule has 3 heteroatoms. The number of nitrogens with one attached hydrogen (secondary N) is 1. The maximum atomic E-state index is 4.21. The number of anilines is 1. The van der Waals surface area contributed by atoms with Crippen LogP contribution in [0.2, 0.25) is 0 Å². The first-order valence-corrected chi connectivity index (χ1v) is 4.51. The lowest BCUT2D eigenvalue weighted by molar-refractivity contribution is 0.603. The SMILES string of the molecule is CCCn1cc(NC(C)C)cn1. The van der Waals surface area contributed by atoms with Crippen molar-refractivity contribution in [1.82, 2.24) is 9.78 Å². The zero-order valence-electron chi connectivity index (χ0n) is 8.04. The van der Waals surface area contributed by atoms with E-state index in [1.807, 2.05) is 17.1 Å². The predicted molar refractivity (Wildman–Crippen MR) is 51.3 cm³/mol. The van der Waals surface area contributed by atoms with E-state index in [9.17, 15) is 0 Å². The lowest BCUT2D eigenvalue weighted by Gasteiger charge is -2.05. The molecule has 0 saturated heterocycles. The van der Waals surface area contributed by atoms with E-state index in [2.05, 4.69) is 31.2 Å². The van der Waals surface area contributed by atoms with Crippen molar-refractivity contribution in [2.75, 3.05) is 5.32 Å². The molecule has 0 aliphatic carbocycles. The third kappa shape index (κ3) is 2.57. The summed E-state index contributed by atoms with van der Waals surface area (Å²) in [6, 6.07) is 0.476. The molecule has 0 atom stereocenters. The average molecular weight is 167 g/mol. The first-order chi connectivity index (χ1) is 5.72. The molecule has 0 bridgehead atoms. The van der Waals surface area contributed by atoms with Gasteiger partial charge < -0.3 is 5.32 Å². The van der Waals surface area contributed by atoms with Crippen LogP contribution in [0.5, 0.6) is 0 Å². The van der Waals surface area contributed by atoms with Crippen molar-refractivity contribution in [3.8, 4) is 0 Å². The molecule has 1 N–H and O–H groups in total. The summed E-state index contributed by atoms with van der Waals surface area (Å²) in [5.74, 6) is 0. The van der Waals surface area contributed by atoms with E-state index in [1.54, 1.807) is 0 Å². The van der Waals surface area contributed by atoms with Gasteiger partial charge in [-0.25, -0.2) is 0 Å². The molecule has 1 aromatic heterocycles. The average Bonchev–Trinajstić information content (AvgIpc) is 2.36. The highest BCUT2D eigenvalue weighted by molar-refractivity contribution is 5.38. The van der Waals surface area contributed by atoms with Crippen molar-refractivity contribution in [3.63, 3.8) is 0 Å². The molecule has 0 unspecified atom stereocenters. The lowest BCUT2D eigenvalue weighted by atomic mass is 10.4. The number of rotatable bonds is 4. The minimum Gasteiger partial charge on any atom is -0.380 e. The topological polar surface area (TPSA) is 29.9 Å². The third-order valence-electron chi connectivity index (χ3n) is 1.54. The molecule has 12 heavy (non-hydrogen) atoms. The maximum absolute atomic E-state index is 4.21. The summed E-state index contributed by atoms with van der Waals surface area (Å²) in [7, 11) is 0. The molecule has 0 aliphatic heterocycles. The maximum Gasteiger partial charge on any atom is 0.0728 e. The van der Waals surface area contributed by atoms with Crippen molar-refractivity contribution in [2.45, 2.75) is 39.8 Å². The van der Waals surface area contributed by atoms with E-state index in [0.717, 1.165) is 18.7 Å².